The molecule has 0 radical (unpaired) electrons. The zero-order valence-electron chi connectivity index (χ0n) is 11.5. The van der Waals surface area contributed by atoms with Crippen LogP contribution in [0.5, 0.6) is 0 Å². The first kappa shape index (κ1) is 15.0. The number of rotatable bonds is 3. The number of ether oxygens (including phenoxy) is 1. The van der Waals surface area contributed by atoms with E-state index in [1.165, 1.54) is 12.8 Å². The lowest BCUT2D eigenvalue weighted by molar-refractivity contribution is -0.0351. The normalized spacial score (nSPS) is 19.2. The molecule has 0 bridgehead atoms. The van der Waals surface area contributed by atoms with E-state index in [4.69, 9.17) is 27.9 Å². The molecule has 0 amide bonds. The maximum Gasteiger partial charge on any atom is 0.163 e. The zero-order chi connectivity index (χ0) is 13.9. The fourth-order valence-electron chi connectivity index (χ4n) is 2.75. The summed E-state index contributed by atoms with van der Waals surface area (Å²) in [6.45, 7) is 1.99. The van der Waals surface area contributed by atoms with Crippen LogP contribution >= 0.6 is 23.2 Å². The third-order valence-electron chi connectivity index (χ3n) is 3.97. The third-order valence-corrected chi connectivity index (χ3v) is 4.59. The van der Waals surface area contributed by atoms with Crippen LogP contribution in [-0.2, 0) is 16.8 Å². The van der Waals surface area contributed by atoms with Crippen LogP contribution in [0.3, 0.4) is 0 Å². The highest BCUT2D eigenvalue weighted by Crippen LogP contribution is 2.38. The van der Waals surface area contributed by atoms with Gasteiger partial charge in [-0.1, -0.05) is 55.8 Å². The van der Waals surface area contributed by atoms with Crippen LogP contribution in [-0.4, -0.2) is 17.1 Å². The number of hydrogen-bond donors (Lipinski definition) is 0. The molecule has 19 heavy (non-hydrogen) atoms. The molecule has 0 atom stereocenters. The molecule has 0 N–H and O–H groups in total. The molecule has 0 unspecified atom stereocenters. The van der Waals surface area contributed by atoms with Crippen molar-refractivity contribution in [1.29, 1.82) is 0 Å². The summed E-state index contributed by atoms with van der Waals surface area (Å²) in [6.07, 6.45) is 7.32. The Bertz CT molecular complexity index is 420. The lowest BCUT2D eigenvalue weighted by Crippen LogP contribution is -2.30. The van der Waals surface area contributed by atoms with Gasteiger partial charge < -0.3 is 4.74 Å². The van der Waals surface area contributed by atoms with Crippen LogP contribution in [0, 0.1) is 0 Å². The molecule has 0 saturated heterocycles. The summed E-state index contributed by atoms with van der Waals surface area (Å²) < 4.78 is 5.79. The van der Waals surface area contributed by atoms with Gasteiger partial charge in [0.1, 0.15) is 15.9 Å². The Labute approximate surface area is 124 Å². The van der Waals surface area contributed by atoms with Crippen LogP contribution in [0.4, 0.5) is 0 Å². The third kappa shape index (κ3) is 3.04. The van der Waals surface area contributed by atoms with E-state index in [0.29, 0.717) is 16.1 Å². The van der Waals surface area contributed by atoms with Gasteiger partial charge in [0.25, 0.3) is 0 Å². The Morgan fingerprint density at radius 2 is 1.58 bits per heavy atom. The van der Waals surface area contributed by atoms with E-state index in [-0.39, 0.29) is 0 Å². The Morgan fingerprint density at radius 1 is 1.05 bits per heavy atom. The second kappa shape index (κ2) is 6.38. The Balaban J connectivity index is 2.42. The minimum absolute atomic E-state index is 0.421. The summed E-state index contributed by atoms with van der Waals surface area (Å²) in [6, 6.07) is 0. The van der Waals surface area contributed by atoms with Crippen molar-refractivity contribution in [3.05, 3.63) is 21.7 Å². The van der Waals surface area contributed by atoms with Crippen molar-refractivity contribution in [3.63, 3.8) is 0 Å². The molecule has 3 nitrogen and oxygen atoms in total. The SMILES string of the molecule is CCc1c(Cl)nc(C2(OC)CCCCCC2)nc1Cl. The van der Waals surface area contributed by atoms with Gasteiger partial charge in [0.2, 0.25) is 0 Å². The van der Waals surface area contributed by atoms with Crippen LogP contribution in [0.15, 0.2) is 0 Å². The van der Waals surface area contributed by atoms with Gasteiger partial charge >= 0.3 is 0 Å². The quantitative estimate of drug-likeness (QED) is 0.607. The fourth-order valence-corrected chi connectivity index (χ4v) is 3.40. The molecule has 0 aliphatic heterocycles. The van der Waals surface area contributed by atoms with Crippen molar-refractivity contribution in [1.82, 2.24) is 9.97 Å². The maximum absolute atomic E-state index is 6.22. The summed E-state index contributed by atoms with van der Waals surface area (Å²) in [5, 5.41) is 0.913. The standard InChI is InChI=1S/C14H20Cl2N2O/c1-3-10-11(15)17-13(18-12(10)16)14(19-2)8-6-4-5-7-9-14/h3-9H2,1-2H3. The monoisotopic (exact) mass is 302 g/mol. The Hall–Kier alpha value is -0.380. The zero-order valence-corrected chi connectivity index (χ0v) is 13.0. The van der Waals surface area contributed by atoms with E-state index in [9.17, 15) is 0 Å². The molecule has 1 aromatic rings. The number of halogens is 2. The molecular weight excluding hydrogens is 283 g/mol. The molecule has 0 aromatic carbocycles. The van der Waals surface area contributed by atoms with E-state index >= 15 is 0 Å². The van der Waals surface area contributed by atoms with E-state index in [1.54, 1.807) is 7.11 Å². The fraction of sp³-hybridized carbons (Fsp3) is 0.714. The van der Waals surface area contributed by atoms with Gasteiger partial charge in [-0.3, -0.25) is 0 Å². The van der Waals surface area contributed by atoms with Gasteiger partial charge in [-0.2, -0.15) is 0 Å². The van der Waals surface area contributed by atoms with Gasteiger partial charge in [-0.15, -0.1) is 0 Å². The number of hydrogen-bond acceptors (Lipinski definition) is 3. The molecule has 1 aliphatic rings. The summed E-state index contributed by atoms with van der Waals surface area (Å²) in [7, 11) is 1.73. The summed E-state index contributed by atoms with van der Waals surface area (Å²) in [5.74, 6) is 0.643. The van der Waals surface area contributed by atoms with Gasteiger partial charge in [0.15, 0.2) is 5.82 Å². The Kier molecular flexibility index (Phi) is 5.04. The van der Waals surface area contributed by atoms with Crippen molar-refractivity contribution in [2.45, 2.75) is 57.5 Å². The van der Waals surface area contributed by atoms with Crippen molar-refractivity contribution >= 4 is 23.2 Å². The molecule has 1 saturated carbocycles. The number of nitrogens with zero attached hydrogens (tertiary/aromatic N) is 2. The molecule has 1 aliphatic carbocycles. The molecule has 2 rings (SSSR count). The number of methoxy groups -OCH3 is 1. The molecule has 1 aromatic heterocycles. The lowest BCUT2D eigenvalue weighted by atomic mass is 9.93. The second-order valence-corrected chi connectivity index (χ2v) is 5.79. The van der Waals surface area contributed by atoms with Crippen molar-refractivity contribution in [3.8, 4) is 0 Å². The highest BCUT2D eigenvalue weighted by atomic mass is 35.5. The predicted molar refractivity (Wildman–Crippen MR) is 77.8 cm³/mol. The molecule has 0 spiro atoms. The lowest BCUT2D eigenvalue weighted by Gasteiger charge is -2.30. The van der Waals surface area contributed by atoms with E-state index in [1.807, 2.05) is 6.92 Å². The summed E-state index contributed by atoms with van der Waals surface area (Å²) >= 11 is 12.4. The first-order valence-corrected chi connectivity index (χ1v) is 7.66. The van der Waals surface area contributed by atoms with Gasteiger partial charge in [-0.05, 0) is 19.3 Å². The average molecular weight is 303 g/mol. The first-order valence-electron chi connectivity index (χ1n) is 6.90. The molecule has 5 heteroatoms. The minimum Gasteiger partial charge on any atom is -0.370 e. The van der Waals surface area contributed by atoms with E-state index < -0.39 is 5.60 Å². The molecule has 1 heterocycles. The predicted octanol–water partition coefficient (Wildman–Crippen LogP) is 4.54. The summed E-state index contributed by atoms with van der Waals surface area (Å²) in [5.41, 5.74) is 0.391. The minimum atomic E-state index is -0.421. The number of aromatic nitrogens is 2. The van der Waals surface area contributed by atoms with Crippen LogP contribution in [0.25, 0.3) is 0 Å². The molecule has 1 fully saturated rings. The smallest absolute Gasteiger partial charge is 0.163 e. The van der Waals surface area contributed by atoms with Crippen molar-refractivity contribution < 1.29 is 4.74 Å². The van der Waals surface area contributed by atoms with E-state index in [2.05, 4.69) is 9.97 Å². The Morgan fingerprint density at radius 3 is 2.00 bits per heavy atom. The van der Waals surface area contributed by atoms with Crippen LogP contribution < -0.4 is 0 Å². The molecule has 106 valence electrons. The second-order valence-electron chi connectivity index (χ2n) is 5.07. The van der Waals surface area contributed by atoms with Crippen molar-refractivity contribution in [2.24, 2.45) is 0 Å². The molecular formula is C14H20Cl2N2O. The highest BCUT2D eigenvalue weighted by Gasteiger charge is 2.36. The van der Waals surface area contributed by atoms with E-state index in [0.717, 1.165) is 37.7 Å². The van der Waals surface area contributed by atoms with Gasteiger partial charge in [0.05, 0.1) is 0 Å². The van der Waals surface area contributed by atoms with Crippen LogP contribution in [0.2, 0.25) is 10.3 Å². The maximum atomic E-state index is 6.22. The van der Waals surface area contributed by atoms with Gasteiger partial charge in [0, 0.05) is 12.7 Å². The topological polar surface area (TPSA) is 35.0 Å². The first-order chi connectivity index (χ1) is 9.13. The largest absolute Gasteiger partial charge is 0.370 e. The average Bonchev–Trinajstić information content (AvgIpc) is 2.64. The van der Waals surface area contributed by atoms with Gasteiger partial charge in [-0.25, -0.2) is 9.97 Å². The highest BCUT2D eigenvalue weighted by molar-refractivity contribution is 6.34. The summed E-state index contributed by atoms with van der Waals surface area (Å²) in [4.78, 5) is 8.92. The van der Waals surface area contributed by atoms with Crippen LogP contribution in [0.1, 0.15) is 56.8 Å². The van der Waals surface area contributed by atoms with Crippen molar-refractivity contribution in [2.75, 3.05) is 7.11 Å².